The van der Waals surface area contributed by atoms with E-state index in [1.54, 1.807) is 0 Å². The molecule has 168 valence electrons. The summed E-state index contributed by atoms with van der Waals surface area (Å²) in [5.41, 5.74) is 4.02. The maximum atomic E-state index is 12.4. The SMILES string of the molecule is CCc1ccc(N[C@@H]2NC(=O)/C(=C/c3ccc(OCc4ccc5c(c4)OCO5)cc3)S2)cc1. The Morgan fingerprint density at radius 1 is 1.03 bits per heavy atom. The van der Waals surface area contributed by atoms with Crippen molar-refractivity contribution >= 4 is 29.4 Å². The third kappa shape index (κ3) is 5.09. The smallest absolute Gasteiger partial charge is 0.260 e. The van der Waals surface area contributed by atoms with Crippen LogP contribution >= 0.6 is 11.8 Å². The van der Waals surface area contributed by atoms with Gasteiger partial charge in [-0.2, -0.15) is 0 Å². The summed E-state index contributed by atoms with van der Waals surface area (Å²) in [6.45, 7) is 2.82. The Morgan fingerprint density at radius 2 is 1.79 bits per heavy atom. The van der Waals surface area contributed by atoms with Gasteiger partial charge in [0.25, 0.3) is 5.91 Å². The van der Waals surface area contributed by atoms with Crippen LogP contribution < -0.4 is 24.8 Å². The highest BCUT2D eigenvalue weighted by Crippen LogP contribution is 2.33. The van der Waals surface area contributed by atoms with E-state index in [0.29, 0.717) is 11.5 Å². The maximum Gasteiger partial charge on any atom is 0.260 e. The molecule has 0 aliphatic carbocycles. The van der Waals surface area contributed by atoms with E-state index >= 15 is 0 Å². The summed E-state index contributed by atoms with van der Waals surface area (Å²) in [5.74, 6) is 2.19. The first-order valence-electron chi connectivity index (χ1n) is 10.8. The number of fused-ring (bicyclic) bond motifs is 1. The second kappa shape index (κ2) is 9.50. The molecular weight excluding hydrogens is 436 g/mol. The fourth-order valence-corrected chi connectivity index (χ4v) is 4.55. The van der Waals surface area contributed by atoms with Gasteiger partial charge in [0.05, 0.1) is 4.91 Å². The second-order valence-corrected chi connectivity index (χ2v) is 8.87. The lowest BCUT2D eigenvalue weighted by molar-refractivity contribution is -0.116. The maximum absolute atomic E-state index is 12.4. The fraction of sp³-hybridized carbons (Fsp3) is 0.192. The highest BCUT2D eigenvalue weighted by Gasteiger charge is 2.27. The number of carbonyl (C=O) groups is 1. The number of ether oxygens (including phenoxy) is 3. The number of hydrogen-bond donors (Lipinski definition) is 2. The van der Waals surface area contributed by atoms with Crippen LogP contribution in [0, 0.1) is 0 Å². The molecule has 0 aromatic heterocycles. The summed E-state index contributed by atoms with van der Waals surface area (Å²) in [6.07, 6.45) is 2.90. The lowest BCUT2D eigenvalue weighted by atomic mass is 10.1. The van der Waals surface area contributed by atoms with Crippen LogP contribution in [-0.4, -0.2) is 18.2 Å². The molecule has 3 aromatic rings. The van der Waals surface area contributed by atoms with Crippen molar-refractivity contribution in [2.24, 2.45) is 0 Å². The van der Waals surface area contributed by atoms with Gasteiger partial charge in [0.15, 0.2) is 17.0 Å². The molecule has 0 spiro atoms. The van der Waals surface area contributed by atoms with Crippen molar-refractivity contribution in [2.45, 2.75) is 25.4 Å². The van der Waals surface area contributed by atoms with Gasteiger partial charge in [0.1, 0.15) is 12.4 Å². The van der Waals surface area contributed by atoms with Crippen molar-refractivity contribution in [3.63, 3.8) is 0 Å². The highest BCUT2D eigenvalue weighted by molar-refractivity contribution is 8.05. The summed E-state index contributed by atoms with van der Waals surface area (Å²) in [5, 5.41) is 6.32. The van der Waals surface area contributed by atoms with Crippen LogP contribution in [0.25, 0.3) is 6.08 Å². The van der Waals surface area contributed by atoms with Gasteiger partial charge in [-0.15, -0.1) is 0 Å². The predicted molar refractivity (Wildman–Crippen MR) is 130 cm³/mol. The third-order valence-electron chi connectivity index (χ3n) is 5.41. The molecule has 33 heavy (non-hydrogen) atoms. The third-order valence-corrected chi connectivity index (χ3v) is 6.44. The van der Waals surface area contributed by atoms with Crippen LogP contribution in [-0.2, 0) is 17.8 Å². The largest absolute Gasteiger partial charge is 0.489 e. The van der Waals surface area contributed by atoms with E-state index in [9.17, 15) is 4.79 Å². The van der Waals surface area contributed by atoms with Crippen molar-refractivity contribution < 1.29 is 19.0 Å². The Labute approximate surface area is 196 Å². The predicted octanol–water partition coefficient (Wildman–Crippen LogP) is 5.16. The molecule has 0 saturated carbocycles. The Bertz CT molecular complexity index is 1180. The van der Waals surface area contributed by atoms with Crippen LogP contribution in [0.4, 0.5) is 5.69 Å². The summed E-state index contributed by atoms with van der Waals surface area (Å²) in [7, 11) is 0. The molecule has 5 rings (SSSR count). The van der Waals surface area contributed by atoms with E-state index in [1.807, 2.05) is 60.7 Å². The number of carbonyl (C=O) groups excluding carboxylic acids is 1. The lowest BCUT2D eigenvalue weighted by Crippen LogP contribution is -2.30. The van der Waals surface area contributed by atoms with Gasteiger partial charge in [0, 0.05) is 5.69 Å². The summed E-state index contributed by atoms with van der Waals surface area (Å²) in [6, 6.07) is 21.7. The topological polar surface area (TPSA) is 68.8 Å². The Kier molecular flexibility index (Phi) is 6.13. The molecule has 1 saturated heterocycles. The summed E-state index contributed by atoms with van der Waals surface area (Å²) >= 11 is 1.48. The molecule has 0 bridgehead atoms. The zero-order chi connectivity index (χ0) is 22.6. The van der Waals surface area contributed by atoms with Crippen LogP contribution in [0.5, 0.6) is 17.2 Å². The van der Waals surface area contributed by atoms with E-state index < -0.39 is 0 Å². The van der Waals surface area contributed by atoms with Gasteiger partial charge in [-0.3, -0.25) is 4.79 Å². The number of thioether (sulfide) groups is 1. The number of rotatable bonds is 7. The number of aryl methyl sites for hydroxylation is 1. The molecule has 2 aliphatic rings. The first-order chi connectivity index (χ1) is 16.2. The first kappa shape index (κ1) is 21.3. The fourth-order valence-electron chi connectivity index (χ4n) is 3.56. The van der Waals surface area contributed by atoms with E-state index in [1.165, 1.54) is 17.3 Å². The van der Waals surface area contributed by atoms with Crippen molar-refractivity contribution in [1.82, 2.24) is 5.32 Å². The Hall–Kier alpha value is -3.58. The van der Waals surface area contributed by atoms with E-state index in [-0.39, 0.29) is 18.2 Å². The number of hydrogen-bond acceptors (Lipinski definition) is 6. The molecule has 1 amide bonds. The average Bonchev–Trinajstić information content (AvgIpc) is 3.45. The van der Waals surface area contributed by atoms with Crippen molar-refractivity contribution in [2.75, 3.05) is 12.1 Å². The quantitative estimate of drug-likeness (QED) is 0.475. The summed E-state index contributed by atoms with van der Waals surface area (Å²) in [4.78, 5) is 13.1. The molecule has 2 heterocycles. The van der Waals surface area contributed by atoms with Gasteiger partial charge < -0.3 is 24.8 Å². The van der Waals surface area contributed by atoms with E-state index in [0.717, 1.165) is 40.5 Å². The zero-order valence-electron chi connectivity index (χ0n) is 18.2. The molecule has 6 nitrogen and oxygen atoms in total. The second-order valence-electron chi connectivity index (χ2n) is 7.72. The molecule has 1 fully saturated rings. The molecule has 3 aromatic carbocycles. The lowest BCUT2D eigenvalue weighted by Gasteiger charge is -2.12. The molecule has 0 unspecified atom stereocenters. The Balaban J connectivity index is 1.17. The monoisotopic (exact) mass is 460 g/mol. The van der Waals surface area contributed by atoms with Crippen LogP contribution in [0.1, 0.15) is 23.6 Å². The minimum absolute atomic E-state index is 0.0780. The van der Waals surface area contributed by atoms with Crippen molar-refractivity contribution in [3.05, 3.63) is 88.3 Å². The number of anilines is 1. The molecule has 0 radical (unpaired) electrons. The van der Waals surface area contributed by atoms with Gasteiger partial charge in [-0.1, -0.05) is 49.0 Å². The summed E-state index contributed by atoms with van der Waals surface area (Å²) < 4.78 is 16.6. The van der Waals surface area contributed by atoms with Gasteiger partial charge >= 0.3 is 0 Å². The zero-order valence-corrected chi connectivity index (χ0v) is 19.0. The highest BCUT2D eigenvalue weighted by atomic mass is 32.2. The van der Waals surface area contributed by atoms with E-state index in [2.05, 4.69) is 29.7 Å². The van der Waals surface area contributed by atoms with Crippen molar-refractivity contribution in [1.29, 1.82) is 0 Å². The minimum atomic E-state index is -0.194. The van der Waals surface area contributed by atoms with Crippen LogP contribution in [0.2, 0.25) is 0 Å². The molecule has 1 atom stereocenters. The molecule has 2 N–H and O–H groups in total. The number of nitrogens with one attached hydrogen (secondary N) is 2. The number of amides is 1. The standard InChI is InChI=1S/C26H24N2O4S/c1-2-17-3-8-20(9-4-17)27-26-28-25(29)24(33-26)14-18-5-10-21(11-6-18)30-15-19-7-12-22-23(13-19)32-16-31-22/h3-14,26-27H,2,15-16H2,1H3,(H,28,29)/b24-14-/t26-/m1/s1. The first-order valence-corrected chi connectivity index (χ1v) is 11.7. The molecule has 7 heteroatoms. The van der Waals surface area contributed by atoms with E-state index in [4.69, 9.17) is 14.2 Å². The normalized spacial score (nSPS) is 17.8. The van der Waals surface area contributed by atoms with Crippen LogP contribution in [0.3, 0.4) is 0 Å². The van der Waals surface area contributed by atoms with Crippen LogP contribution in [0.15, 0.2) is 71.6 Å². The van der Waals surface area contributed by atoms with Crippen molar-refractivity contribution in [3.8, 4) is 17.2 Å². The molecule has 2 aliphatic heterocycles. The molecular formula is C26H24N2O4S. The van der Waals surface area contributed by atoms with Gasteiger partial charge in [0.2, 0.25) is 6.79 Å². The van der Waals surface area contributed by atoms with Gasteiger partial charge in [-0.05, 0) is 65.6 Å². The average molecular weight is 461 g/mol. The number of benzene rings is 3. The minimum Gasteiger partial charge on any atom is -0.489 e. The Morgan fingerprint density at radius 3 is 2.58 bits per heavy atom. The van der Waals surface area contributed by atoms with Gasteiger partial charge in [-0.25, -0.2) is 0 Å².